The average molecular weight is 461 g/mol. The van der Waals surface area contributed by atoms with Crippen LogP contribution in [-0.2, 0) is 16.6 Å². The lowest BCUT2D eigenvalue weighted by molar-refractivity contribution is -0.0348. The molecule has 3 aliphatic heterocycles. The molecule has 1 amide bonds. The molecule has 182 valence electrons. The lowest BCUT2D eigenvalue weighted by Crippen LogP contribution is -2.53. The van der Waals surface area contributed by atoms with E-state index in [2.05, 4.69) is 88.2 Å². The van der Waals surface area contributed by atoms with Crippen molar-refractivity contribution in [3.8, 4) is 11.1 Å². The molecule has 2 aromatic rings. The van der Waals surface area contributed by atoms with Crippen LogP contribution in [0.4, 0.5) is 4.79 Å². The van der Waals surface area contributed by atoms with Gasteiger partial charge in [-0.1, -0.05) is 76.6 Å². The first-order valence-corrected chi connectivity index (χ1v) is 12.9. The zero-order chi connectivity index (χ0) is 24.3. The van der Waals surface area contributed by atoms with Crippen molar-refractivity contribution in [2.75, 3.05) is 19.6 Å². The molecule has 6 rings (SSSR count). The summed E-state index contributed by atoms with van der Waals surface area (Å²) in [6, 6.07) is 13.6. The first-order valence-electron chi connectivity index (χ1n) is 12.9. The number of hydrogen-bond donors (Lipinski definition) is 1. The second-order valence-corrected chi connectivity index (χ2v) is 12.6. The van der Waals surface area contributed by atoms with Crippen molar-refractivity contribution in [2.24, 2.45) is 11.3 Å². The maximum atomic E-state index is 12.9. The molecule has 1 aliphatic carbocycles. The van der Waals surface area contributed by atoms with Crippen molar-refractivity contribution < 1.29 is 9.53 Å². The molecule has 0 radical (unpaired) electrons. The van der Waals surface area contributed by atoms with E-state index < -0.39 is 0 Å². The SMILES string of the molecule is Cc1cc(-c2ccc3c(c2)CC(C)(C)C3NC(=O)O[C@H]2CN3CCC2CC3)cc(C(C)(C)C)c1. The topological polar surface area (TPSA) is 41.6 Å². The summed E-state index contributed by atoms with van der Waals surface area (Å²) in [6.07, 6.45) is 3.01. The zero-order valence-corrected chi connectivity index (χ0v) is 21.7. The van der Waals surface area contributed by atoms with Crippen LogP contribution in [0.2, 0.25) is 0 Å². The van der Waals surface area contributed by atoms with Crippen LogP contribution in [0.15, 0.2) is 36.4 Å². The number of ether oxygens (including phenoxy) is 1. The van der Waals surface area contributed by atoms with Crippen molar-refractivity contribution in [1.82, 2.24) is 10.2 Å². The van der Waals surface area contributed by atoms with Gasteiger partial charge in [-0.2, -0.15) is 0 Å². The van der Waals surface area contributed by atoms with Crippen molar-refractivity contribution in [3.05, 3.63) is 58.7 Å². The van der Waals surface area contributed by atoms with Crippen LogP contribution >= 0.6 is 0 Å². The summed E-state index contributed by atoms with van der Waals surface area (Å²) < 4.78 is 5.96. The third kappa shape index (κ3) is 4.49. The van der Waals surface area contributed by atoms with Gasteiger partial charge in [-0.3, -0.25) is 4.90 Å². The molecule has 4 nitrogen and oxygen atoms in total. The van der Waals surface area contributed by atoms with Crippen molar-refractivity contribution >= 4 is 6.09 Å². The quantitative estimate of drug-likeness (QED) is 0.576. The van der Waals surface area contributed by atoms with E-state index in [0.29, 0.717) is 5.92 Å². The monoisotopic (exact) mass is 460 g/mol. The highest BCUT2D eigenvalue weighted by molar-refractivity contribution is 5.71. The fourth-order valence-electron chi connectivity index (χ4n) is 6.22. The van der Waals surface area contributed by atoms with E-state index >= 15 is 0 Å². The first-order chi connectivity index (χ1) is 16.0. The number of hydrogen-bond acceptors (Lipinski definition) is 3. The molecule has 4 heteroatoms. The molecule has 0 spiro atoms. The molecule has 3 saturated heterocycles. The van der Waals surface area contributed by atoms with Gasteiger partial charge in [0.2, 0.25) is 0 Å². The second-order valence-electron chi connectivity index (χ2n) is 12.6. The molecule has 2 atom stereocenters. The maximum absolute atomic E-state index is 12.9. The van der Waals surface area contributed by atoms with E-state index in [-0.39, 0.29) is 29.1 Å². The number of aryl methyl sites for hydroxylation is 1. The van der Waals surface area contributed by atoms with Crippen molar-refractivity contribution in [3.63, 3.8) is 0 Å². The molecule has 2 bridgehead atoms. The Kier molecular flexibility index (Phi) is 5.79. The highest BCUT2D eigenvalue weighted by atomic mass is 16.6. The molecule has 1 unspecified atom stereocenters. The Hall–Kier alpha value is -2.33. The molecular weight excluding hydrogens is 420 g/mol. The summed E-state index contributed by atoms with van der Waals surface area (Å²) >= 11 is 0. The van der Waals surface area contributed by atoms with E-state index in [1.807, 2.05) is 0 Å². The molecule has 0 saturated carbocycles. The summed E-state index contributed by atoms with van der Waals surface area (Å²) in [5.41, 5.74) is 7.78. The first kappa shape index (κ1) is 23.4. The Labute approximate surface area is 205 Å². The Morgan fingerprint density at radius 3 is 2.44 bits per heavy atom. The molecule has 34 heavy (non-hydrogen) atoms. The standard InChI is InChI=1S/C30H40N2O2/c1-19-13-22(16-24(14-19)29(2,3)4)21-7-8-25-23(15-21)17-30(5,6)27(25)31-28(33)34-26-18-32-11-9-20(26)10-12-32/h7-8,13-16,20,26-27H,9-12,17-18H2,1-6H3,(H,31,33)/t26-,27?/m0/s1. The minimum absolute atomic E-state index is 0.0344. The number of carbonyl (C=O) groups is 1. The van der Waals surface area contributed by atoms with Crippen LogP contribution in [0, 0.1) is 18.3 Å². The minimum atomic E-state index is -0.262. The third-order valence-corrected chi connectivity index (χ3v) is 8.27. The molecular formula is C30H40N2O2. The van der Waals surface area contributed by atoms with Gasteiger partial charge in [0, 0.05) is 6.54 Å². The van der Waals surface area contributed by atoms with Crippen LogP contribution in [0.3, 0.4) is 0 Å². The van der Waals surface area contributed by atoms with Gasteiger partial charge in [0.05, 0.1) is 6.04 Å². The number of nitrogens with one attached hydrogen (secondary N) is 1. The summed E-state index contributed by atoms with van der Waals surface area (Å²) in [6.45, 7) is 16.7. The number of rotatable bonds is 3. The fraction of sp³-hybridized carbons (Fsp3) is 0.567. The van der Waals surface area contributed by atoms with E-state index in [4.69, 9.17) is 4.74 Å². The van der Waals surface area contributed by atoms with Gasteiger partial charge in [0.1, 0.15) is 6.10 Å². The Morgan fingerprint density at radius 2 is 1.79 bits per heavy atom. The van der Waals surface area contributed by atoms with Gasteiger partial charge in [-0.15, -0.1) is 0 Å². The van der Waals surface area contributed by atoms with E-state index in [0.717, 1.165) is 38.9 Å². The number of piperidine rings is 3. The number of benzene rings is 2. The predicted molar refractivity (Wildman–Crippen MR) is 138 cm³/mol. The van der Waals surface area contributed by atoms with Crippen LogP contribution in [0.1, 0.15) is 75.8 Å². The third-order valence-electron chi connectivity index (χ3n) is 8.27. The number of alkyl carbamates (subject to hydrolysis) is 1. The molecule has 3 heterocycles. The second kappa shape index (κ2) is 8.41. The normalized spacial score (nSPS) is 27.4. The number of amides is 1. The van der Waals surface area contributed by atoms with Crippen LogP contribution < -0.4 is 5.32 Å². The van der Waals surface area contributed by atoms with Gasteiger partial charge < -0.3 is 10.1 Å². The predicted octanol–water partition coefficient (Wildman–Crippen LogP) is 6.40. The lowest BCUT2D eigenvalue weighted by atomic mass is 9.84. The summed E-state index contributed by atoms with van der Waals surface area (Å²) in [5, 5.41) is 3.25. The molecule has 3 fully saturated rings. The van der Waals surface area contributed by atoms with Crippen molar-refractivity contribution in [1.29, 1.82) is 0 Å². The smallest absolute Gasteiger partial charge is 0.407 e. The number of fused-ring (bicyclic) bond motifs is 4. The molecule has 0 aromatic heterocycles. The van der Waals surface area contributed by atoms with Crippen LogP contribution in [0.5, 0.6) is 0 Å². The van der Waals surface area contributed by atoms with Crippen LogP contribution in [-0.4, -0.2) is 36.7 Å². The zero-order valence-electron chi connectivity index (χ0n) is 21.7. The number of nitrogens with zero attached hydrogens (tertiary/aromatic N) is 1. The average Bonchev–Trinajstić information content (AvgIpc) is 3.02. The number of carbonyl (C=O) groups excluding carboxylic acids is 1. The summed E-state index contributed by atoms with van der Waals surface area (Å²) in [5.74, 6) is 0.523. The minimum Gasteiger partial charge on any atom is -0.445 e. The van der Waals surface area contributed by atoms with E-state index in [1.165, 1.54) is 33.4 Å². The summed E-state index contributed by atoms with van der Waals surface area (Å²) in [4.78, 5) is 15.4. The fourth-order valence-corrected chi connectivity index (χ4v) is 6.22. The molecule has 1 N–H and O–H groups in total. The lowest BCUT2D eigenvalue weighted by Gasteiger charge is -2.44. The Balaban J connectivity index is 1.36. The van der Waals surface area contributed by atoms with Crippen molar-refractivity contribution in [2.45, 2.75) is 78.4 Å². The van der Waals surface area contributed by atoms with Gasteiger partial charge >= 0.3 is 6.09 Å². The largest absolute Gasteiger partial charge is 0.445 e. The summed E-state index contributed by atoms with van der Waals surface area (Å²) in [7, 11) is 0. The van der Waals surface area contributed by atoms with Gasteiger partial charge in [0.15, 0.2) is 0 Å². The van der Waals surface area contributed by atoms with Gasteiger partial charge in [-0.05, 0) is 83.8 Å². The molecule has 4 aliphatic rings. The highest BCUT2D eigenvalue weighted by Gasteiger charge is 2.42. The maximum Gasteiger partial charge on any atom is 0.407 e. The Morgan fingerprint density at radius 1 is 1.06 bits per heavy atom. The highest BCUT2D eigenvalue weighted by Crippen LogP contribution is 2.46. The van der Waals surface area contributed by atoms with Crippen LogP contribution in [0.25, 0.3) is 11.1 Å². The van der Waals surface area contributed by atoms with Gasteiger partial charge in [0.25, 0.3) is 0 Å². The van der Waals surface area contributed by atoms with Gasteiger partial charge in [-0.25, -0.2) is 4.79 Å². The van der Waals surface area contributed by atoms with E-state index in [1.54, 1.807) is 0 Å². The Bertz CT molecular complexity index is 1090. The van der Waals surface area contributed by atoms with E-state index in [9.17, 15) is 4.79 Å². The molecule has 2 aromatic carbocycles.